The molecule has 0 aromatic heterocycles. The molecule has 2 aliphatic rings. The molecule has 2 aliphatic heterocycles. The molecule has 4 nitrogen and oxygen atoms in total. The molecule has 118 valence electrons. The van der Waals surface area contributed by atoms with Crippen molar-refractivity contribution in [2.75, 3.05) is 13.2 Å². The van der Waals surface area contributed by atoms with Crippen LogP contribution in [-0.4, -0.2) is 51.1 Å². The van der Waals surface area contributed by atoms with Gasteiger partial charge >= 0.3 is 0 Å². The standard InChI is InChI=1S/C15H30O4Si/c1-15(2,3)20(4,5)19-11-7-6-8-17-12(11)9-13-14(10-16)18-13/h11-14,16H,6-10H2,1-5H3/t11-,12-,13+,14+/m1/s1. The first kappa shape index (κ1) is 16.4. The van der Waals surface area contributed by atoms with Crippen LogP contribution in [0.3, 0.4) is 0 Å². The molecule has 0 spiro atoms. The van der Waals surface area contributed by atoms with Crippen LogP contribution in [0.1, 0.15) is 40.0 Å². The molecular formula is C15H30O4Si. The van der Waals surface area contributed by atoms with Gasteiger partial charge in [-0.3, -0.25) is 0 Å². The van der Waals surface area contributed by atoms with Crippen molar-refractivity contribution in [1.82, 2.24) is 0 Å². The van der Waals surface area contributed by atoms with E-state index in [0.29, 0.717) is 0 Å². The van der Waals surface area contributed by atoms with E-state index in [0.717, 1.165) is 25.9 Å². The van der Waals surface area contributed by atoms with E-state index in [2.05, 4.69) is 33.9 Å². The van der Waals surface area contributed by atoms with Crippen LogP contribution in [0.4, 0.5) is 0 Å². The van der Waals surface area contributed by atoms with E-state index in [4.69, 9.17) is 19.0 Å². The third-order valence-electron chi connectivity index (χ3n) is 4.96. The molecule has 0 aliphatic carbocycles. The number of hydrogen-bond donors (Lipinski definition) is 1. The number of rotatable bonds is 5. The van der Waals surface area contributed by atoms with Crippen LogP contribution in [-0.2, 0) is 13.9 Å². The normalized spacial score (nSPS) is 35.1. The lowest BCUT2D eigenvalue weighted by atomic mass is 10.0. The first-order chi connectivity index (χ1) is 9.24. The fourth-order valence-electron chi connectivity index (χ4n) is 2.50. The van der Waals surface area contributed by atoms with Gasteiger partial charge in [0.25, 0.3) is 0 Å². The van der Waals surface area contributed by atoms with E-state index in [9.17, 15) is 0 Å². The van der Waals surface area contributed by atoms with Gasteiger partial charge in [-0.1, -0.05) is 20.8 Å². The Morgan fingerprint density at radius 2 is 1.90 bits per heavy atom. The van der Waals surface area contributed by atoms with Gasteiger partial charge in [-0.15, -0.1) is 0 Å². The van der Waals surface area contributed by atoms with Crippen LogP contribution in [0.15, 0.2) is 0 Å². The van der Waals surface area contributed by atoms with Crippen molar-refractivity contribution in [1.29, 1.82) is 0 Å². The van der Waals surface area contributed by atoms with Crippen LogP contribution < -0.4 is 0 Å². The molecule has 4 atom stereocenters. The highest BCUT2D eigenvalue weighted by Gasteiger charge is 2.45. The van der Waals surface area contributed by atoms with E-state index in [-0.39, 0.29) is 36.1 Å². The summed E-state index contributed by atoms with van der Waals surface area (Å²) in [5.74, 6) is 0. The summed E-state index contributed by atoms with van der Waals surface area (Å²) in [4.78, 5) is 0. The monoisotopic (exact) mass is 302 g/mol. The zero-order chi connectivity index (χ0) is 15.0. The Balaban J connectivity index is 1.93. The summed E-state index contributed by atoms with van der Waals surface area (Å²) in [7, 11) is -1.76. The lowest BCUT2D eigenvalue weighted by Gasteiger charge is -2.42. The zero-order valence-corrected chi connectivity index (χ0v) is 14.5. The van der Waals surface area contributed by atoms with Crippen LogP contribution in [0.2, 0.25) is 18.1 Å². The average molecular weight is 302 g/mol. The van der Waals surface area contributed by atoms with E-state index in [1.165, 1.54) is 0 Å². The fourth-order valence-corrected chi connectivity index (χ4v) is 3.88. The van der Waals surface area contributed by atoms with Gasteiger partial charge in [0.2, 0.25) is 0 Å². The molecule has 2 fully saturated rings. The van der Waals surface area contributed by atoms with Crippen LogP contribution in [0.5, 0.6) is 0 Å². The van der Waals surface area contributed by atoms with Crippen LogP contribution in [0.25, 0.3) is 0 Å². The second-order valence-electron chi connectivity index (χ2n) is 7.60. The summed E-state index contributed by atoms with van der Waals surface area (Å²) in [5.41, 5.74) is 0. The van der Waals surface area contributed by atoms with Gasteiger partial charge < -0.3 is 19.0 Å². The maximum absolute atomic E-state index is 9.07. The molecule has 0 aromatic carbocycles. The second kappa shape index (κ2) is 6.05. The van der Waals surface area contributed by atoms with Gasteiger partial charge in [-0.25, -0.2) is 0 Å². The van der Waals surface area contributed by atoms with Crippen molar-refractivity contribution >= 4 is 8.32 Å². The maximum atomic E-state index is 9.07. The number of hydrogen-bond acceptors (Lipinski definition) is 4. The third-order valence-corrected chi connectivity index (χ3v) is 9.47. The lowest BCUT2D eigenvalue weighted by Crippen LogP contribution is -2.49. The minimum Gasteiger partial charge on any atom is -0.411 e. The largest absolute Gasteiger partial charge is 0.411 e. The van der Waals surface area contributed by atoms with Crippen molar-refractivity contribution in [2.45, 2.75) is 82.6 Å². The van der Waals surface area contributed by atoms with Crippen LogP contribution in [0, 0.1) is 0 Å². The van der Waals surface area contributed by atoms with Crippen molar-refractivity contribution < 1.29 is 19.0 Å². The first-order valence-electron chi connectivity index (χ1n) is 7.80. The summed E-state index contributed by atoms with van der Waals surface area (Å²) in [5, 5.41) is 9.30. The third kappa shape index (κ3) is 3.83. The van der Waals surface area contributed by atoms with Gasteiger partial charge in [-0.2, -0.15) is 0 Å². The van der Waals surface area contributed by atoms with E-state index < -0.39 is 8.32 Å². The van der Waals surface area contributed by atoms with Gasteiger partial charge in [0.1, 0.15) is 6.10 Å². The molecule has 1 N–H and O–H groups in total. The zero-order valence-electron chi connectivity index (χ0n) is 13.5. The smallest absolute Gasteiger partial charge is 0.192 e. The minimum atomic E-state index is -1.76. The van der Waals surface area contributed by atoms with Gasteiger partial charge in [0, 0.05) is 13.0 Å². The molecule has 2 heterocycles. The Kier molecular flexibility index (Phi) is 4.97. The average Bonchev–Trinajstić information content (AvgIpc) is 3.08. The topological polar surface area (TPSA) is 51.2 Å². The lowest BCUT2D eigenvalue weighted by molar-refractivity contribution is -0.0732. The van der Waals surface area contributed by atoms with Crippen molar-refractivity contribution in [3.05, 3.63) is 0 Å². The fraction of sp³-hybridized carbons (Fsp3) is 1.00. The summed E-state index contributed by atoms with van der Waals surface area (Å²) < 4.78 is 17.9. The molecule has 0 saturated carbocycles. The maximum Gasteiger partial charge on any atom is 0.192 e. The molecule has 0 radical (unpaired) electrons. The quantitative estimate of drug-likeness (QED) is 0.627. The highest BCUT2D eigenvalue weighted by atomic mass is 28.4. The summed E-state index contributed by atoms with van der Waals surface area (Å²) >= 11 is 0. The second-order valence-corrected chi connectivity index (χ2v) is 12.4. The molecule has 0 bridgehead atoms. The highest BCUT2D eigenvalue weighted by Crippen LogP contribution is 2.40. The molecule has 2 rings (SSSR count). The Hall–Kier alpha value is 0.0569. The van der Waals surface area contributed by atoms with E-state index >= 15 is 0 Å². The Morgan fingerprint density at radius 3 is 2.45 bits per heavy atom. The predicted molar refractivity (Wildman–Crippen MR) is 81.4 cm³/mol. The molecule has 0 aromatic rings. The SMILES string of the molecule is CC(C)(C)[Si](C)(C)O[C@@H]1CCCO[C@@H]1C[C@@H]1O[C@H]1CO. The Bertz CT molecular complexity index is 326. The van der Waals surface area contributed by atoms with Crippen molar-refractivity contribution in [3.63, 3.8) is 0 Å². The van der Waals surface area contributed by atoms with Crippen molar-refractivity contribution in [3.8, 4) is 0 Å². The highest BCUT2D eigenvalue weighted by molar-refractivity contribution is 6.74. The Morgan fingerprint density at radius 1 is 1.20 bits per heavy atom. The number of ether oxygens (including phenoxy) is 2. The van der Waals surface area contributed by atoms with Crippen LogP contribution >= 0.6 is 0 Å². The van der Waals surface area contributed by atoms with Gasteiger partial charge in [0.05, 0.1) is 24.9 Å². The van der Waals surface area contributed by atoms with E-state index in [1.807, 2.05) is 0 Å². The Labute approximate surface area is 123 Å². The first-order valence-corrected chi connectivity index (χ1v) is 10.7. The molecular weight excluding hydrogens is 272 g/mol. The molecule has 2 saturated heterocycles. The summed E-state index contributed by atoms with van der Waals surface area (Å²) in [6, 6.07) is 0. The number of aliphatic hydroxyl groups is 1. The minimum absolute atomic E-state index is 0.0223. The predicted octanol–water partition coefficient (Wildman–Crippen LogP) is 2.71. The number of epoxide rings is 1. The van der Waals surface area contributed by atoms with Crippen molar-refractivity contribution in [2.24, 2.45) is 0 Å². The summed E-state index contributed by atoms with van der Waals surface area (Å²) in [6.45, 7) is 12.3. The number of aliphatic hydroxyl groups excluding tert-OH is 1. The molecule has 0 unspecified atom stereocenters. The van der Waals surface area contributed by atoms with E-state index in [1.54, 1.807) is 0 Å². The molecule has 5 heteroatoms. The molecule has 20 heavy (non-hydrogen) atoms. The van der Waals surface area contributed by atoms with Gasteiger partial charge in [-0.05, 0) is 31.0 Å². The van der Waals surface area contributed by atoms with Gasteiger partial charge in [0.15, 0.2) is 8.32 Å². The molecule has 0 amide bonds. The summed E-state index contributed by atoms with van der Waals surface area (Å²) in [6.07, 6.45) is 3.50.